The van der Waals surface area contributed by atoms with Gasteiger partial charge in [0.1, 0.15) is 0 Å². The van der Waals surface area contributed by atoms with E-state index in [4.69, 9.17) is 18.0 Å². The van der Waals surface area contributed by atoms with Crippen LogP contribution >= 0.6 is 12.2 Å². The Morgan fingerprint density at radius 1 is 1.44 bits per heavy atom. The second-order valence-electron chi connectivity index (χ2n) is 4.26. The number of anilines is 2. The predicted molar refractivity (Wildman–Crippen MR) is 80.0 cm³/mol. The second kappa shape index (κ2) is 6.35. The van der Waals surface area contributed by atoms with Crippen molar-refractivity contribution in [3.05, 3.63) is 24.3 Å². The molecule has 0 aromatic heterocycles. The molecule has 0 aliphatic rings. The van der Waals surface area contributed by atoms with Gasteiger partial charge in [0.15, 0.2) is 0 Å². The van der Waals surface area contributed by atoms with Crippen molar-refractivity contribution >= 4 is 34.5 Å². The first-order valence-electron chi connectivity index (χ1n) is 5.84. The molecule has 0 spiro atoms. The van der Waals surface area contributed by atoms with Gasteiger partial charge in [0.05, 0.1) is 22.3 Å². The van der Waals surface area contributed by atoms with Gasteiger partial charge in [-0.15, -0.1) is 0 Å². The molecule has 0 saturated carbocycles. The lowest BCUT2D eigenvalue weighted by molar-refractivity contribution is -0.118. The number of nitrogens with two attached hydrogens (primary N) is 1. The minimum absolute atomic E-state index is 0.153. The highest BCUT2D eigenvalue weighted by molar-refractivity contribution is 7.80. The molecule has 0 saturated heterocycles. The largest absolute Gasteiger partial charge is 0.393 e. The Bertz CT molecular complexity index is 446. The molecule has 1 amide bonds. The van der Waals surface area contributed by atoms with Crippen molar-refractivity contribution in [3.8, 4) is 0 Å². The first-order valence-corrected chi connectivity index (χ1v) is 6.24. The first-order chi connectivity index (χ1) is 8.47. The summed E-state index contributed by atoms with van der Waals surface area (Å²) < 4.78 is 0. The first kappa shape index (κ1) is 14.4. The number of benzene rings is 1. The van der Waals surface area contributed by atoms with Gasteiger partial charge in [-0.25, -0.2) is 0 Å². The Balaban J connectivity index is 2.91. The monoisotopic (exact) mass is 265 g/mol. The highest BCUT2D eigenvalue weighted by Gasteiger charge is 2.20. The van der Waals surface area contributed by atoms with Crippen LogP contribution in [-0.4, -0.2) is 25.0 Å². The number of thiocarbonyl (C=S) groups is 1. The van der Waals surface area contributed by atoms with E-state index in [-0.39, 0.29) is 10.9 Å². The standard InChI is InChI=1S/C13H19N3OS/c1-4-9(12(14)18)13(17)15-10-7-5-6-8-11(10)16(2)3/h5-9H,4H2,1-3H3,(H2,14,18)(H,15,17). The number of amides is 1. The van der Waals surface area contributed by atoms with Gasteiger partial charge in [-0.2, -0.15) is 0 Å². The number of hydrogen-bond donors (Lipinski definition) is 2. The lowest BCUT2D eigenvalue weighted by Gasteiger charge is -2.19. The molecule has 0 heterocycles. The average Bonchev–Trinajstić information content (AvgIpc) is 2.29. The molecule has 0 aliphatic carbocycles. The van der Waals surface area contributed by atoms with E-state index in [9.17, 15) is 4.79 Å². The van der Waals surface area contributed by atoms with Crippen LogP contribution < -0.4 is 16.0 Å². The zero-order valence-electron chi connectivity index (χ0n) is 10.9. The predicted octanol–water partition coefficient (Wildman–Crippen LogP) is 2.00. The second-order valence-corrected chi connectivity index (χ2v) is 4.74. The van der Waals surface area contributed by atoms with Crippen molar-refractivity contribution in [2.24, 2.45) is 11.7 Å². The van der Waals surface area contributed by atoms with Crippen LogP contribution in [0.25, 0.3) is 0 Å². The Labute approximate surface area is 113 Å². The van der Waals surface area contributed by atoms with Crippen LogP contribution in [0.3, 0.4) is 0 Å². The van der Waals surface area contributed by atoms with Gasteiger partial charge >= 0.3 is 0 Å². The molecule has 0 aliphatic heterocycles. The lowest BCUT2D eigenvalue weighted by atomic mass is 10.1. The number of carbonyl (C=O) groups is 1. The van der Waals surface area contributed by atoms with E-state index in [0.29, 0.717) is 6.42 Å². The molecule has 1 atom stereocenters. The molecule has 0 radical (unpaired) electrons. The van der Waals surface area contributed by atoms with Gasteiger partial charge in [-0.1, -0.05) is 31.3 Å². The summed E-state index contributed by atoms with van der Waals surface area (Å²) in [4.78, 5) is 14.2. The van der Waals surface area contributed by atoms with Gasteiger partial charge < -0.3 is 16.0 Å². The zero-order valence-corrected chi connectivity index (χ0v) is 11.8. The van der Waals surface area contributed by atoms with E-state index < -0.39 is 5.92 Å². The van der Waals surface area contributed by atoms with E-state index in [1.165, 1.54) is 0 Å². The number of nitrogens with one attached hydrogen (secondary N) is 1. The van der Waals surface area contributed by atoms with E-state index in [1.54, 1.807) is 0 Å². The van der Waals surface area contributed by atoms with Gasteiger partial charge in [-0.3, -0.25) is 4.79 Å². The molecule has 1 rings (SSSR count). The van der Waals surface area contributed by atoms with Gasteiger partial charge in [0.25, 0.3) is 0 Å². The van der Waals surface area contributed by atoms with Crippen molar-refractivity contribution in [2.45, 2.75) is 13.3 Å². The summed E-state index contributed by atoms with van der Waals surface area (Å²) in [6.07, 6.45) is 0.602. The third-order valence-corrected chi connectivity index (χ3v) is 3.00. The van der Waals surface area contributed by atoms with Crippen LogP contribution in [0.1, 0.15) is 13.3 Å². The Kier molecular flexibility index (Phi) is 5.09. The van der Waals surface area contributed by atoms with Crippen LogP contribution in [0.2, 0.25) is 0 Å². The number of para-hydroxylation sites is 2. The summed E-state index contributed by atoms with van der Waals surface area (Å²) in [6, 6.07) is 7.61. The van der Waals surface area contributed by atoms with Crippen LogP contribution in [0, 0.1) is 5.92 Å². The molecular formula is C13H19N3OS. The number of carbonyl (C=O) groups excluding carboxylic acids is 1. The fraction of sp³-hybridized carbons (Fsp3) is 0.385. The maximum atomic E-state index is 12.1. The average molecular weight is 265 g/mol. The van der Waals surface area contributed by atoms with E-state index in [2.05, 4.69) is 5.32 Å². The van der Waals surface area contributed by atoms with Crippen molar-refractivity contribution in [1.82, 2.24) is 0 Å². The van der Waals surface area contributed by atoms with Crippen LogP contribution in [-0.2, 0) is 4.79 Å². The molecule has 1 aromatic carbocycles. The minimum atomic E-state index is -0.421. The topological polar surface area (TPSA) is 58.4 Å². The van der Waals surface area contributed by atoms with E-state index >= 15 is 0 Å². The van der Waals surface area contributed by atoms with Crippen molar-refractivity contribution in [1.29, 1.82) is 0 Å². The van der Waals surface area contributed by atoms with Crippen LogP contribution in [0.5, 0.6) is 0 Å². The molecule has 1 unspecified atom stereocenters. The third-order valence-electron chi connectivity index (χ3n) is 2.71. The Morgan fingerprint density at radius 2 is 2.06 bits per heavy atom. The summed E-state index contributed by atoms with van der Waals surface area (Å²) in [6.45, 7) is 1.89. The number of rotatable bonds is 5. The smallest absolute Gasteiger partial charge is 0.234 e. The molecule has 1 aromatic rings. The highest BCUT2D eigenvalue weighted by Crippen LogP contribution is 2.24. The fourth-order valence-corrected chi connectivity index (χ4v) is 1.98. The maximum Gasteiger partial charge on any atom is 0.234 e. The van der Waals surface area contributed by atoms with Crippen molar-refractivity contribution < 1.29 is 4.79 Å². The van der Waals surface area contributed by atoms with E-state index in [0.717, 1.165) is 11.4 Å². The summed E-state index contributed by atoms with van der Waals surface area (Å²) in [5.74, 6) is -0.575. The minimum Gasteiger partial charge on any atom is -0.393 e. The SMILES string of the molecule is CCC(C(=O)Nc1ccccc1N(C)C)C(N)=S. The molecular weight excluding hydrogens is 246 g/mol. The van der Waals surface area contributed by atoms with Gasteiger partial charge in [0, 0.05) is 14.1 Å². The summed E-state index contributed by atoms with van der Waals surface area (Å²) in [5, 5.41) is 2.88. The van der Waals surface area contributed by atoms with Crippen LogP contribution in [0.15, 0.2) is 24.3 Å². The maximum absolute atomic E-state index is 12.1. The molecule has 0 bridgehead atoms. The van der Waals surface area contributed by atoms with Crippen molar-refractivity contribution in [2.75, 3.05) is 24.3 Å². The normalized spacial score (nSPS) is 11.7. The molecule has 98 valence electrons. The molecule has 4 nitrogen and oxygen atoms in total. The summed E-state index contributed by atoms with van der Waals surface area (Å²) >= 11 is 4.90. The number of hydrogen-bond acceptors (Lipinski definition) is 3. The number of nitrogens with zero attached hydrogens (tertiary/aromatic N) is 1. The third kappa shape index (κ3) is 3.43. The van der Waals surface area contributed by atoms with Crippen molar-refractivity contribution in [3.63, 3.8) is 0 Å². The fourth-order valence-electron chi connectivity index (χ4n) is 1.70. The van der Waals surface area contributed by atoms with Crippen LogP contribution in [0.4, 0.5) is 11.4 Å². The Morgan fingerprint density at radius 3 is 2.56 bits per heavy atom. The quantitative estimate of drug-likeness (QED) is 0.800. The van der Waals surface area contributed by atoms with Gasteiger partial charge in [0.2, 0.25) is 5.91 Å². The summed E-state index contributed by atoms with van der Waals surface area (Å²) in [7, 11) is 3.85. The molecule has 18 heavy (non-hydrogen) atoms. The Hall–Kier alpha value is -1.62. The summed E-state index contributed by atoms with van der Waals surface area (Å²) in [5.41, 5.74) is 7.27. The molecule has 3 N–H and O–H groups in total. The molecule has 0 fully saturated rings. The lowest BCUT2D eigenvalue weighted by Crippen LogP contribution is -2.33. The zero-order chi connectivity index (χ0) is 13.7. The highest BCUT2D eigenvalue weighted by atomic mass is 32.1. The van der Waals surface area contributed by atoms with E-state index in [1.807, 2.05) is 50.2 Å². The van der Waals surface area contributed by atoms with Gasteiger partial charge in [-0.05, 0) is 18.6 Å². The molecule has 5 heteroatoms.